The van der Waals surface area contributed by atoms with Gasteiger partial charge in [-0.3, -0.25) is 0 Å². The van der Waals surface area contributed by atoms with Gasteiger partial charge in [-0.1, -0.05) is 0 Å². The Bertz CT molecular complexity index is 232. The summed E-state index contributed by atoms with van der Waals surface area (Å²) in [7, 11) is -5.43. The topological polar surface area (TPSA) is 150 Å². The van der Waals surface area contributed by atoms with Gasteiger partial charge in [0.25, 0.3) is 0 Å². The van der Waals surface area contributed by atoms with Crippen LogP contribution in [0.4, 0.5) is 0 Å². The predicted molar refractivity (Wildman–Crippen MR) is 37.6 cm³/mol. The summed E-state index contributed by atoms with van der Waals surface area (Å²) in [6, 6.07) is 0. The van der Waals surface area contributed by atoms with E-state index < -0.39 is 32.7 Å². The van der Waals surface area contributed by atoms with E-state index in [1.54, 1.807) is 0 Å². The molecule has 0 fully saturated rings. The molecule has 0 saturated carbocycles. The van der Waals surface area contributed by atoms with Crippen LogP contribution in [-0.2, 0) is 13.9 Å². The average Bonchev–Trinajstić information content (AvgIpc) is 2.10. The minimum Gasteiger partial charge on any atom is -0.790 e. The van der Waals surface area contributed by atoms with Crippen molar-refractivity contribution in [3.05, 3.63) is 0 Å². The first-order valence-corrected chi connectivity index (χ1v) is 4.90. The molecule has 0 aliphatic rings. The molecule has 3 N–H and O–H groups in total. The summed E-state index contributed by atoms with van der Waals surface area (Å²) in [5.74, 6) is 0. The first kappa shape index (κ1) is 22.8. The normalized spacial score (nSPS) is 16.3. The SMILES string of the molecule is O=C[C@H](OP(=O)([O-])[O-])[C@@H](O)[C@H](O)CO.[Na+].[Na+]. The van der Waals surface area contributed by atoms with E-state index in [0.717, 1.165) is 0 Å². The average molecular weight is 274 g/mol. The molecule has 0 bridgehead atoms. The molecule has 16 heavy (non-hydrogen) atoms. The van der Waals surface area contributed by atoms with Gasteiger partial charge in [0.1, 0.15) is 18.3 Å². The molecular formula is C5H9Na2O8P. The molecule has 0 aromatic rings. The first-order chi connectivity index (χ1) is 6.31. The van der Waals surface area contributed by atoms with E-state index >= 15 is 0 Å². The number of rotatable bonds is 6. The van der Waals surface area contributed by atoms with Crippen LogP contribution in [0.1, 0.15) is 0 Å². The van der Waals surface area contributed by atoms with Crippen LogP contribution in [0.15, 0.2) is 0 Å². The van der Waals surface area contributed by atoms with E-state index in [4.69, 9.17) is 15.3 Å². The second-order valence-electron chi connectivity index (χ2n) is 2.39. The molecule has 0 radical (unpaired) electrons. The number of hydrogen-bond donors (Lipinski definition) is 3. The van der Waals surface area contributed by atoms with Gasteiger partial charge in [0.2, 0.25) is 0 Å². The summed E-state index contributed by atoms with van der Waals surface area (Å²) in [5.41, 5.74) is 0. The van der Waals surface area contributed by atoms with Crippen molar-refractivity contribution in [1.82, 2.24) is 0 Å². The molecule has 0 saturated heterocycles. The van der Waals surface area contributed by atoms with Crippen LogP contribution in [0, 0.1) is 0 Å². The number of phosphoric acid groups is 1. The van der Waals surface area contributed by atoms with Crippen LogP contribution in [0.5, 0.6) is 0 Å². The van der Waals surface area contributed by atoms with E-state index in [0.29, 0.717) is 0 Å². The predicted octanol–water partition coefficient (Wildman–Crippen LogP) is -9.88. The number of aliphatic hydroxyl groups is 3. The van der Waals surface area contributed by atoms with Crippen LogP contribution in [-0.4, -0.2) is 46.5 Å². The fraction of sp³-hybridized carbons (Fsp3) is 0.800. The molecular weight excluding hydrogens is 265 g/mol. The third-order valence-corrected chi connectivity index (χ3v) is 1.80. The third-order valence-electron chi connectivity index (χ3n) is 1.30. The van der Waals surface area contributed by atoms with Crippen molar-refractivity contribution in [2.24, 2.45) is 0 Å². The zero-order valence-electron chi connectivity index (χ0n) is 8.85. The summed E-state index contributed by atoms with van der Waals surface area (Å²) < 4.78 is 13.7. The molecule has 84 valence electrons. The Morgan fingerprint density at radius 2 is 1.75 bits per heavy atom. The molecule has 11 heteroatoms. The van der Waals surface area contributed by atoms with Gasteiger partial charge in [0.05, 0.1) is 14.4 Å². The van der Waals surface area contributed by atoms with Gasteiger partial charge in [-0.15, -0.1) is 0 Å². The number of hydrogen-bond acceptors (Lipinski definition) is 8. The van der Waals surface area contributed by atoms with Gasteiger partial charge >= 0.3 is 59.1 Å². The van der Waals surface area contributed by atoms with Crippen molar-refractivity contribution in [3.63, 3.8) is 0 Å². The monoisotopic (exact) mass is 274 g/mol. The molecule has 8 nitrogen and oxygen atoms in total. The minimum absolute atomic E-state index is 0. The van der Waals surface area contributed by atoms with Crippen molar-refractivity contribution in [2.45, 2.75) is 18.3 Å². The summed E-state index contributed by atoms with van der Waals surface area (Å²) in [6.45, 7) is -0.906. The van der Waals surface area contributed by atoms with Crippen LogP contribution in [0.25, 0.3) is 0 Å². The second-order valence-corrected chi connectivity index (χ2v) is 3.50. The number of carbonyl (C=O) groups excluding carboxylic acids is 1. The van der Waals surface area contributed by atoms with E-state index in [2.05, 4.69) is 4.52 Å². The number of phosphoric ester groups is 1. The Balaban J connectivity index is -0.000000845. The van der Waals surface area contributed by atoms with Crippen molar-refractivity contribution in [3.8, 4) is 0 Å². The standard InChI is InChI=1S/C5H11O8P.2Na/c6-1-3(8)5(9)4(2-7)13-14(10,11)12;;/h2-6,8-9H,1H2,(H2,10,11,12);;/q;2*+1/p-2/t3-,4+,5+;;/m1../s1. The molecule has 0 spiro atoms. The zero-order valence-corrected chi connectivity index (χ0v) is 13.7. The van der Waals surface area contributed by atoms with Crippen LogP contribution in [0.2, 0.25) is 0 Å². The molecule has 3 atom stereocenters. The van der Waals surface area contributed by atoms with Gasteiger partial charge in [-0.2, -0.15) is 0 Å². The van der Waals surface area contributed by atoms with E-state index in [1.807, 2.05) is 0 Å². The van der Waals surface area contributed by atoms with E-state index in [9.17, 15) is 19.1 Å². The van der Waals surface area contributed by atoms with Gasteiger partial charge in [-0.05, 0) is 0 Å². The van der Waals surface area contributed by atoms with E-state index in [1.165, 1.54) is 0 Å². The summed E-state index contributed by atoms with van der Waals surface area (Å²) in [6.07, 6.45) is -5.92. The summed E-state index contributed by atoms with van der Waals surface area (Å²) >= 11 is 0. The van der Waals surface area contributed by atoms with Crippen molar-refractivity contribution in [2.75, 3.05) is 6.61 Å². The minimum atomic E-state index is -5.43. The maximum atomic E-state index is 10.2. The molecule has 0 aromatic carbocycles. The Morgan fingerprint density at radius 1 is 1.31 bits per heavy atom. The third kappa shape index (κ3) is 9.67. The smallest absolute Gasteiger partial charge is 0.790 e. The Hall–Kier alpha value is 1.66. The van der Waals surface area contributed by atoms with E-state index in [-0.39, 0.29) is 65.4 Å². The van der Waals surface area contributed by atoms with Crippen LogP contribution >= 0.6 is 7.82 Å². The molecule has 0 aliphatic heterocycles. The molecule has 0 aliphatic carbocycles. The fourth-order valence-corrected chi connectivity index (χ4v) is 1.12. The molecule has 0 heterocycles. The number of carbonyl (C=O) groups is 1. The van der Waals surface area contributed by atoms with Crippen molar-refractivity contribution < 1.29 is 98.1 Å². The molecule has 0 rings (SSSR count). The molecule has 0 amide bonds. The Kier molecular flexibility index (Phi) is 15.1. The Labute approximate surface area is 136 Å². The van der Waals surface area contributed by atoms with Gasteiger partial charge < -0.3 is 39.0 Å². The maximum absolute atomic E-state index is 10.2. The molecule has 0 aromatic heterocycles. The van der Waals surface area contributed by atoms with Crippen LogP contribution < -0.4 is 68.9 Å². The van der Waals surface area contributed by atoms with Crippen LogP contribution in [0.3, 0.4) is 0 Å². The first-order valence-electron chi connectivity index (χ1n) is 3.44. The maximum Gasteiger partial charge on any atom is 1.00 e. The van der Waals surface area contributed by atoms with Crippen molar-refractivity contribution >= 4 is 14.1 Å². The zero-order chi connectivity index (χ0) is 11.4. The Morgan fingerprint density at radius 3 is 2.00 bits per heavy atom. The van der Waals surface area contributed by atoms with Gasteiger partial charge in [-0.25, -0.2) is 0 Å². The van der Waals surface area contributed by atoms with Gasteiger partial charge in [0, 0.05) is 0 Å². The van der Waals surface area contributed by atoms with Gasteiger partial charge in [0.15, 0.2) is 6.29 Å². The fourth-order valence-electron chi connectivity index (χ4n) is 0.644. The number of aliphatic hydroxyl groups excluding tert-OH is 3. The summed E-state index contributed by atoms with van der Waals surface area (Å²) in [4.78, 5) is 30.3. The number of aldehydes is 1. The van der Waals surface area contributed by atoms with Crippen molar-refractivity contribution in [1.29, 1.82) is 0 Å². The second kappa shape index (κ2) is 10.6. The largest absolute Gasteiger partial charge is 1.00 e. The summed E-state index contributed by atoms with van der Waals surface area (Å²) in [5, 5.41) is 26.1. The molecule has 0 unspecified atom stereocenters. The quantitative estimate of drug-likeness (QED) is 0.245.